The van der Waals surface area contributed by atoms with Gasteiger partial charge < -0.3 is 40.6 Å². The molecule has 1 aromatic heterocycles. The summed E-state index contributed by atoms with van der Waals surface area (Å²) in [5.74, 6) is 1.28. The minimum atomic E-state index is -1.03. The van der Waals surface area contributed by atoms with Gasteiger partial charge in [0.15, 0.2) is 0 Å². The first-order valence-electron chi connectivity index (χ1n) is 17.6. The third-order valence-electron chi connectivity index (χ3n) is 10.4. The highest BCUT2D eigenvalue weighted by Crippen LogP contribution is 2.47. The van der Waals surface area contributed by atoms with Crippen LogP contribution in [-0.4, -0.2) is 70.6 Å². The smallest absolute Gasteiger partial charge is 0.405 e. The number of aliphatic hydroxyl groups excluding tert-OH is 1. The number of hydrogen-bond donors (Lipinski definition) is 6. The van der Waals surface area contributed by atoms with Gasteiger partial charge in [-0.05, 0) is 92.2 Å². The van der Waals surface area contributed by atoms with Crippen LogP contribution in [0, 0.1) is 11.8 Å². The molecule has 3 atom stereocenters. The molecule has 3 aromatic carbocycles. The van der Waals surface area contributed by atoms with E-state index in [1.165, 1.54) is 12.1 Å². The Balaban J connectivity index is 0.977. The lowest BCUT2D eigenvalue weighted by molar-refractivity contribution is 0.00716. The van der Waals surface area contributed by atoms with Crippen molar-refractivity contribution >= 4 is 17.0 Å². The third kappa shape index (κ3) is 7.93. The molecule has 10 heteroatoms. The molecule has 3 fully saturated rings. The average molecular weight is 669 g/mol. The molecule has 2 bridgehead atoms. The average Bonchev–Trinajstić information content (AvgIpc) is 3.12. The fourth-order valence-electron chi connectivity index (χ4n) is 7.96. The van der Waals surface area contributed by atoms with E-state index in [2.05, 4.69) is 20.5 Å². The van der Waals surface area contributed by atoms with Gasteiger partial charge in [-0.15, -0.1) is 0 Å². The van der Waals surface area contributed by atoms with E-state index < -0.39 is 17.7 Å². The number of piperidine rings is 3. The largest absolute Gasteiger partial charge is 0.506 e. The van der Waals surface area contributed by atoms with Gasteiger partial charge >= 0.3 is 6.09 Å². The molecule has 0 aliphatic carbocycles. The number of nitrogens with zero attached hydrogens (tertiary/aromatic N) is 1. The standard InChI is InChI=1S/C39H48N4O6/c44-34-16-14-31(32-15-17-36(46)41-37(32)34)35(45)25-40-20-7-2-1-3-8-23-49-30-13-9-12-29(24-30)39(42-38(47)48,28-10-5-4-6-11-28)33-26-43-21-18-27(33)19-22-43/h4-6,9-17,24,27,33,35,40,42,44-45H,1-3,7-8,18-23,25-26H2,(H,41,46)(H,47,48)/t33-,35-,39?/m0/s1. The summed E-state index contributed by atoms with van der Waals surface area (Å²) in [5.41, 5.74) is 1.69. The number of aromatic hydroxyl groups is 1. The highest BCUT2D eigenvalue weighted by atomic mass is 16.5. The molecule has 6 N–H and O–H groups in total. The minimum Gasteiger partial charge on any atom is -0.506 e. The number of benzene rings is 3. The summed E-state index contributed by atoms with van der Waals surface area (Å²) in [5, 5.41) is 38.0. The Morgan fingerprint density at radius 2 is 1.69 bits per heavy atom. The number of ether oxygens (including phenoxy) is 1. The Morgan fingerprint density at radius 1 is 0.939 bits per heavy atom. The molecule has 0 spiro atoms. The van der Waals surface area contributed by atoms with Gasteiger partial charge in [0, 0.05) is 30.5 Å². The Labute approximate surface area is 287 Å². The second kappa shape index (κ2) is 15.9. The van der Waals surface area contributed by atoms with Crippen molar-refractivity contribution in [3.05, 3.63) is 106 Å². The van der Waals surface area contributed by atoms with Gasteiger partial charge in [0.25, 0.3) is 0 Å². The molecule has 3 saturated heterocycles. The number of fused-ring (bicyclic) bond motifs is 4. The van der Waals surface area contributed by atoms with Crippen LogP contribution in [0.4, 0.5) is 4.79 Å². The molecule has 1 unspecified atom stereocenters. The van der Waals surface area contributed by atoms with Crippen molar-refractivity contribution in [3.63, 3.8) is 0 Å². The summed E-state index contributed by atoms with van der Waals surface area (Å²) in [4.78, 5) is 29.2. The highest BCUT2D eigenvalue weighted by molar-refractivity contribution is 5.87. The second-order valence-electron chi connectivity index (χ2n) is 13.5. The lowest BCUT2D eigenvalue weighted by Gasteiger charge is -2.53. The molecule has 3 aliphatic heterocycles. The lowest BCUT2D eigenvalue weighted by atomic mass is 9.63. The lowest BCUT2D eigenvalue weighted by Crippen LogP contribution is -2.61. The number of hydrogen-bond acceptors (Lipinski definition) is 7. The molecule has 3 aliphatic rings. The number of rotatable bonds is 16. The number of H-pyrrole nitrogens is 1. The minimum absolute atomic E-state index is 0.0201. The number of phenols is 1. The first kappa shape index (κ1) is 34.5. The summed E-state index contributed by atoms with van der Waals surface area (Å²) < 4.78 is 6.23. The molecule has 0 radical (unpaired) electrons. The maximum Gasteiger partial charge on any atom is 0.405 e. The number of aromatic nitrogens is 1. The maximum atomic E-state index is 12.4. The number of aromatic amines is 1. The van der Waals surface area contributed by atoms with Crippen molar-refractivity contribution in [1.29, 1.82) is 0 Å². The predicted octanol–water partition coefficient (Wildman–Crippen LogP) is 5.74. The molecule has 49 heavy (non-hydrogen) atoms. The molecule has 7 rings (SSSR count). The molecule has 260 valence electrons. The second-order valence-corrected chi connectivity index (χ2v) is 13.5. The normalized spacial score (nSPS) is 20.5. The maximum absolute atomic E-state index is 12.4. The van der Waals surface area contributed by atoms with E-state index in [0.29, 0.717) is 35.5 Å². The van der Waals surface area contributed by atoms with Crippen LogP contribution in [0.2, 0.25) is 0 Å². The van der Waals surface area contributed by atoms with Crippen LogP contribution >= 0.6 is 0 Å². The first-order valence-corrected chi connectivity index (χ1v) is 17.6. The van der Waals surface area contributed by atoms with E-state index in [9.17, 15) is 24.9 Å². The molecule has 4 aromatic rings. The SMILES string of the molecule is O=C(O)NC(c1ccccc1)(c1cccc(OCCCCCCCNC[C@H](O)c2ccc(O)c3[nH]c(=O)ccc23)c1)[C@H]1CN2CCC1CC2. The number of amides is 1. The van der Waals surface area contributed by atoms with E-state index in [1.54, 1.807) is 12.1 Å². The third-order valence-corrected chi connectivity index (χ3v) is 10.4. The fourth-order valence-corrected chi connectivity index (χ4v) is 7.96. The van der Waals surface area contributed by atoms with Crippen molar-refractivity contribution in [2.24, 2.45) is 11.8 Å². The quantitative estimate of drug-likeness (QED) is 0.0829. The van der Waals surface area contributed by atoms with Crippen LogP contribution in [0.15, 0.2) is 83.7 Å². The summed E-state index contributed by atoms with van der Waals surface area (Å²) in [6, 6.07) is 24.2. The summed E-state index contributed by atoms with van der Waals surface area (Å²) in [6.45, 7) is 4.75. The van der Waals surface area contributed by atoms with Crippen LogP contribution in [0.5, 0.6) is 11.5 Å². The Morgan fingerprint density at radius 3 is 2.45 bits per heavy atom. The zero-order chi connectivity index (χ0) is 34.2. The molecular weight excluding hydrogens is 620 g/mol. The highest BCUT2D eigenvalue weighted by Gasteiger charge is 2.50. The van der Waals surface area contributed by atoms with Crippen molar-refractivity contribution in [1.82, 2.24) is 20.5 Å². The molecular formula is C39H48N4O6. The van der Waals surface area contributed by atoms with Gasteiger partial charge in [0.2, 0.25) is 5.56 Å². The zero-order valence-corrected chi connectivity index (χ0v) is 27.9. The topological polar surface area (TPSA) is 147 Å². The van der Waals surface area contributed by atoms with E-state index in [0.717, 1.165) is 88.0 Å². The number of nitrogens with one attached hydrogen (secondary N) is 3. The summed E-state index contributed by atoms with van der Waals surface area (Å²) in [6.07, 6.45) is 5.44. The number of unbranched alkanes of at least 4 members (excludes halogenated alkanes) is 4. The molecule has 0 saturated carbocycles. The van der Waals surface area contributed by atoms with Crippen LogP contribution in [-0.2, 0) is 5.54 Å². The van der Waals surface area contributed by atoms with E-state index in [4.69, 9.17) is 4.74 Å². The Kier molecular flexibility index (Phi) is 11.2. The van der Waals surface area contributed by atoms with Crippen molar-refractivity contribution < 1.29 is 24.9 Å². The van der Waals surface area contributed by atoms with Gasteiger partial charge in [-0.1, -0.05) is 67.8 Å². The fraction of sp³-hybridized carbons (Fsp3) is 0.436. The summed E-state index contributed by atoms with van der Waals surface area (Å²) >= 11 is 0. The molecule has 4 heterocycles. The molecule has 1 amide bonds. The summed E-state index contributed by atoms with van der Waals surface area (Å²) in [7, 11) is 0. The number of carbonyl (C=O) groups is 1. The van der Waals surface area contributed by atoms with Crippen molar-refractivity contribution in [2.45, 2.75) is 56.6 Å². The Hall–Kier alpha value is -4.38. The molecule has 10 nitrogen and oxygen atoms in total. The van der Waals surface area contributed by atoms with Gasteiger partial charge in [0.05, 0.1) is 23.8 Å². The number of pyridine rings is 1. The van der Waals surface area contributed by atoms with Gasteiger partial charge in [-0.25, -0.2) is 4.79 Å². The van der Waals surface area contributed by atoms with Crippen molar-refractivity contribution in [3.8, 4) is 11.5 Å². The Bertz CT molecular complexity index is 1760. The predicted molar refractivity (Wildman–Crippen MR) is 190 cm³/mol. The van der Waals surface area contributed by atoms with Gasteiger partial charge in [-0.2, -0.15) is 0 Å². The van der Waals surface area contributed by atoms with Crippen LogP contribution < -0.4 is 20.9 Å². The monoisotopic (exact) mass is 668 g/mol. The van der Waals surface area contributed by atoms with Crippen molar-refractivity contribution in [2.75, 3.05) is 39.3 Å². The van der Waals surface area contributed by atoms with Crippen LogP contribution in [0.25, 0.3) is 10.9 Å². The van der Waals surface area contributed by atoms with E-state index >= 15 is 0 Å². The van der Waals surface area contributed by atoms with E-state index in [1.807, 2.05) is 54.6 Å². The van der Waals surface area contributed by atoms with Gasteiger partial charge in [0.1, 0.15) is 11.5 Å². The number of carboxylic acid groups (broad SMARTS) is 1. The number of aliphatic hydroxyl groups is 1. The van der Waals surface area contributed by atoms with Gasteiger partial charge in [-0.3, -0.25) is 4.79 Å². The van der Waals surface area contributed by atoms with Crippen LogP contribution in [0.1, 0.15) is 67.7 Å². The van der Waals surface area contributed by atoms with Crippen LogP contribution in [0.3, 0.4) is 0 Å². The zero-order valence-electron chi connectivity index (χ0n) is 27.9. The van der Waals surface area contributed by atoms with E-state index in [-0.39, 0.29) is 17.2 Å². The number of phenolic OH excluding ortho intramolecular Hbond substituents is 1. The first-order chi connectivity index (χ1) is 23.8.